The van der Waals surface area contributed by atoms with Crippen LogP contribution in [0.3, 0.4) is 0 Å². The number of thiazole rings is 1. The number of carboxylic acid groups (broad SMARTS) is 1. The number of aryl methyl sites for hydroxylation is 3. The Kier molecular flexibility index (Phi) is 4.12. The van der Waals surface area contributed by atoms with E-state index in [1.54, 1.807) is 20.9 Å². The van der Waals surface area contributed by atoms with Gasteiger partial charge in [-0.3, -0.25) is 9.48 Å². The van der Waals surface area contributed by atoms with Gasteiger partial charge in [0.1, 0.15) is 0 Å². The van der Waals surface area contributed by atoms with Crippen LogP contribution in [0.15, 0.2) is 16.5 Å². The van der Waals surface area contributed by atoms with Gasteiger partial charge in [-0.05, 0) is 19.9 Å². The maximum Gasteiger partial charge on any atom is 0.327 e. The van der Waals surface area contributed by atoms with E-state index in [-0.39, 0.29) is 9.90 Å². The van der Waals surface area contributed by atoms with Crippen molar-refractivity contribution in [2.75, 3.05) is 0 Å². The van der Waals surface area contributed by atoms with Crippen molar-refractivity contribution in [2.24, 2.45) is 7.05 Å². The molecule has 21 heavy (non-hydrogen) atoms. The summed E-state index contributed by atoms with van der Waals surface area (Å²) in [5, 5.41) is 13.7. The van der Waals surface area contributed by atoms with Crippen molar-refractivity contribution in [1.29, 1.82) is 0 Å². The van der Waals surface area contributed by atoms with E-state index in [4.69, 9.17) is 0 Å². The molecule has 114 valence electrons. The summed E-state index contributed by atoms with van der Waals surface area (Å²) in [4.78, 5) is 15.4. The van der Waals surface area contributed by atoms with Crippen LogP contribution in [0.4, 0.5) is 0 Å². The molecule has 0 bridgehead atoms. The van der Waals surface area contributed by atoms with Gasteiger partial charge in [0.2, 0.25) is 0 Å². The first-order valence-electron chi connectivity index (χ1n) is 5.89. The molecule has 0 aliphatic rings. The molecule has 2 rings (SSSR count). The molecule has 1 atom stereocenters. The second-order valence-corrected chi connectivity index (χ2v) is 7.49. The highest BCUT2D eigenvalue weighted by molar-refractivity contribution is 7.91. The van der Waals surface area contributed by atoms with Crippen molar-refractivity contribution >= 4 is 27.3 Å². The largest absolute Gasteiger partial charge is 0.480 e. The molecule has 10 heteroatoms. The first-order valence-corrected chi connectivity index (χ1v) is 8.19. The molecule has 0 amide bonds. The van der Waals surface area contributed by atoms with Gasteiger partial charge in [-0.25, -0.2) is 13.4 Å². The van der Waals surface area contributed by atoms with E-state index < -0.39 is 22.0 Å². The van der Waals surface area contributed by atoms with Crippen LogP contribution in [0.1, 0.15) is 22.4 Å². The number of carbonyl (C=O) groups is 1. The molecule has 0 aliphatic carbocycles. The predicted molar refractivity (Wildman–Crippen MR) is 75.5 cm³/mol. The Morgan fingerprint density at radius 2 is 2.14 bits per heavy atom. The maximum absolute atomic E-state index is 12.4. The lowest BCUT2D eigenvalue weighted by Crippen LogP contribution is -2.35. The van der Waals surface area contributed by atoms with Gasteiger partial charge in [-0.1, -0.05) is 0 Å². The smallest absolute Gasteiger partial charge is 0.327 e. The molecule has 2 aromatic heterocycles. The van der Waals surface area contributed by atoms with Crippen LogP contribution in [-0.4, -0.2) is 34.3 Å². The number of sulfonamides is 1. The molecule has 0 spiro atoms. The number of aliphatic carboxylic acids is 1. The van der Waals surface area contributed by atoms with Crippen LogP contribution in [0.2, 0.25) is 0 Å². The predicted octanol–water partition coefficient (Wildman–Crippen LogP) is 0.598. The van der Waals surface area contributed by atoms with Gasteiger partial charge >= 0.3 is 5.97 Å². The van der Waals surface area contributed by atoms with Gasteiger partial charge in [0.15, 0.2) is 10.3 Å². The van der Waals surface area contributed by atoms with Gasteiger partial charge < -0.3 is 5.11 Å². The molecule has 2 aromatic rings. The highest BCUT2D eigenvalue weighted by Gasteiger charge is 2.31. The molecule has 0 saturated heterocycles. The van der Waals surface area contributed by atoms with E-state index in [2.05, 4.69) is 14.8 Å². The minimum atomic E-state index is -3.97. The zero-order valence-electron chi connectivity index (χ0n) is 11.6. The number of rotatable bonds is 5. The number of hydrogen-bond acceptors (Lipinski definition) is 6. The average Bonchev–Trinajstić information content (AvgIpc) is 2.92. The number of nitrogens with zero attached hydrogens (tertiary/aromatic N) is 3. The van der Waals surface area contributed by atoms with Crippen molar-refractivity contribution in [1.82, 2.24) is 19.5 Å². The summed E-state index contributed by atoms with van der Waals surface area (Å²) in [6, 6.07) is 0.0378. The lowest BCUT2D eigenvalue weighted by molar-refractivity contribution is -0.139. The van der Waals surface area contributed by atoms with Crippen LogP contribution >= 0.6 is 11.3 Å². The SMILES string of the molecule is Cc1nc(C)c(S(=O)(=O)NC(C(=O)O)c2ccnn2C)s1. The van der Waals surface area contributed by atoms with E-state index in [0.29, 0.717) is 10.7 Å². The monoisotopic (exact) mass is 330 g/mol. The minimum Gasteiger partial charge on any atom is -0.480 e. The lowest BCUT2D eigenvalue weighted by atomic mass is 10.2. The zero-order valence-corrected chi connectivity index (χ0v) is 13.2. The molecule has 8 nitrogen and oxygen atoms in total. The Labute approximate surface area is 125 Å². The molecule has 0 saturated carbocycles. The topological polar surface area (TPSA) is 114 Å². The quantitative estimate of drug-likeness (QED) is 0.829. The van der Waals surface area contributed by atoms with E-state index >= 15 is 0 Å². The Morgan fingerprint density at radius 1 is 1.48 bits per heavy atom. The maximum atomic E-state index is 12.4. The van der Waals surface area contributed by atoms with Crippen molar-refractivity contribution in [3.8, 4) is 0 Å². The van der Waals surface area contributed by atoms with E-state index in [1.165, 1.54) is 16.9 Å². The minimum absolute atomic E-state index is 0.0217. The Morgan fingerprint density at radius 3 is 2.57 bits per heavy atom. The molecule has 0 fully saturated rings. The summed E-state index contributed by atoms with van der Waals surface area (Å²) in [5.74, 6) is -1.30. The van der Waals surface area contributed by atoms with Crippen LogP contribution in [-0.2, 0) is 21.9 Å². The molecule has 1 unspecified atom stereocenters. The van der Waals surface area contributed by atoms with E-state index in [9.17, 15) is 18.3 Å². The fourth-order valence-corrected chi connectivity index (χ4v) is 4.54. The van der Waals surface area contributed by atoms with Crippen LogP contribution in [0, 0.1) is 13.8 Å². The second kappa shape index (κ2) is 5.54. The third-order valence-corrected chi connectivity index (χ3v) is 5.88. The first-order chi connectivity index (χ1) is 9.72. The Bertz CT molecular complexity index is 778. The van der Waals surface area contributed by atoms with Crippen LogP contribution in [0.5, 0.6) is 0 Å². The second-order valence-electron chi connectivity index (χ2n) is 4.38. The third kappa shape index (κ3) is 3.12. The fourth-order valence-electron chi connectivity index (χ4n) is 1.88. The summed E-state index contributed by atoms with van der Waals surface area (Å²) in [6.45, 7) is 3.25. The van der Waals surface area contributed by atoms with Crippen molar-refractivity contribution in [3.63, 3.8) is 0 Å². The Hall–Kier alpha value is -1.78. The molecule has 2 heterocycles. The van der Waals surface area contributed by atoms with Gasteiger partial charge in [0, 0.05) is 13.2 Å². The van der Waals surface area contributed by atoms with E-state index in [1.807, 2.05) is 0 Å². The summed E-state index contributed by atoms with van der Waals surface area (Å²) in [7, 11) is -2.43. The average molecular weight is 330 g/mol. The highest BCUT2D eigenvalue weighted by Crippen LogP contribution is 2.25. The number of aromatic nitrogens is 3. The van der Waals surface area contributed by atoms with Crippen LogP contribution < -0.4 is 4.72 Å². The Balaban J connectivity index is 2.40. The summed E-state index contributed by atoms with van der Waals surface area (Å²) >= 11 is 1.000. The molecular formula is C11H14N4O4S2. The number of hydrogen-bond donors (Lipinski definition) is 2. The highest BCUT2D eigenvalue weighted by atomic mass is 32.2. The lowest BCUT2D eigenvalue weighted by Gasteiger charge is -2.14. The molecule has 0 radical (unpaired) electrons. The van der Waals surface area contributed by atoms with Gasteiger partial charge in [-0.2, -0.15) is 9.82 Å². The van der Waals surface area contributed by atoms with E-state index in [0.717, 1.165) is 11.3 Å². The normalized spacial score (nSPS) is 13.3. The van der Waals surface area contributed by atoms with Crippen LogP contribution in [0.25, 0.3) is 0 Å². The third-order valence-electron chi connectivity index (χ3n) is 2.78. The number of carboxylic acids is 1. The van der Waals surface area contributed by atoms with Gasteiger partial charge in [0.25, 0.3) is 10.0 Å². The molecule has 0 aliphatic heterocycles. The first kappa shape index (κ1) is 15.6. The van der Waals surface area contributed by atoms with Crippen molar-refractivity contribution in [2.45, 2.75) is 24.1 Å². The number of nitrogens with one attached hydrogen (secondary N) is 1. The van der Waals surface area contributed by atoms with Crippen molar-refractivity contribution in [3.05, 3.63) is 28.7 Å². The zero-order chi connectivity index (χ0) is 15.8. The standard InChI is InChI=1S/C11H14N4O4S2/c1-6-11(20-7(2)13-6)21(18,19)14-9(10(16)17)8-4-5-12-15(8)3/h4-5,9,14H,1-3H3,(H,16,17). The van der Waals surface area contributed by atoms with Gasteiger partial charge in [-0.15, -0.1) is 11.3 Å². The molecule has 2 N–H and O–H groups in total. The fraction of sp³-hybridized carbons (Fsp3) is 0.364. The molecular weight excluding hydrogens is 316 g/mol. The summed E-state index contributed by atoms with van der Waals surface area (Å²) in [6.07, 6.45) is 1.40. The van der Waals surface area contributed by atoms with Crippen molar-refractivity contribution < 1.29 is 18.3 Å². The van der Waals surface area contributed by atoms with Gasteiger partial charge in [0.05, 0.1) is 16.4 Å². The summed E-state index contributed by atoms with van der Waals surface area (Å²) in [5.41, 5.74) is 0.587. The summed E-state index contributed by atoms with van der Waals surface area (Å²) < 4.78 is 28.2. The molecule has 0 aromatic carbocycles.